The van der Waals surface area contributed by atoms with Crippen LogP contribution in [0.1, 0.15) is 43.1 Å². The summed E-state index contributed by atoms with van der Waals surface area (Å²) in [5.74, 6) is 3.45. The van der Waals surface area contributed by atoms with Gasteiger partial charge in [0.15, 0.2) is 11.6 Å². The fraction of sp³-hybridized carbons (Fsp3) is 0.421. The molecule has 134 valence electrons. The van der Waals surface area contributed by atoms with Crippen LogP contribution >= 0.6 is 0 Å². The molecule has 1 saturated heterocycles. The molecule has 0 aromatic carbocycles. The van der Waals surface area contributed by atoms with Crippen LogP contribution in [-0.2, 0) is 6.42 Å². The zero-order valence-electron chi connectivity index (χ0n) is 15.1. The number of pyridine rings is 1. The first-order valence-electron chi connectivity index (χ1n) is 9.07. The minimum Gasteiger partial charge on any atom is -0.356 e. The number of piperidine rings is 1. The van der Waals surface area contributed by atoms with Gasteiger partial charge in [-0.3, -0.25) is 4.98 Å². The van der Waals surface area contributed by atoms with E-state index in [9.17, 15) is 0 Å². The number of nitrogens with zero attached hydrogens (tertiary/aromatic N) is 6. The SMILES string of the molecule is CCc1cc(N2CCC(c3nc(C)no3)CC2)nc(-c2ccccn2)n1. The zero-order chi connectivity index (χ0) is 17.9. The number of anilines is 1. The van der Waals surface area contributed by atoms with E-state index in [1.807, 2.05) is 25.1 Å². The van der Waals surface area contributed by atoms with Gasteiger partial charge < -0.3 is 9.42 Å². The molecular weight excluding hydrogens is 328 g/mol. The summed E-state index contributed by atoms with van der Waals surface area (Å²) in [6.07, 6.45) is 4.60. The minimum atomic E-state index is 0.329. The van der Waals surface area contributed by atoms with Gasteiger partial charge in [0.25, 0.3) is 0 Å². The molecule has 7 heteroatoms. The summed E-state index contributed by atoms with van der Waals surface area (Å²) in [6.45, 7) is 5.79. The van der Waals surface area contributed by atoms with E-state index in [0.717, 1.165) is 55.4 Å². The number of aromatic nitrogens is 5. The van der Waals surface area contributed by atoms with Crippen molar-refractivity contribution in [3.05, 3.63) is 47.9 Å². The van der Waals surface area contributed by atoms with Gasteiger partial charge in [-0.1, -0.05) is 18.1 Å². The molecule has 0 spiro atoms. The standard InChI is InChI=1S/C19H22N6O/c1-3-15-12-17(23-18(22-15)16-6-4-5-9-20-16)25-10-7-14(8-11-25)19-21-13(2)24-26-19/h4-6,9,12,14H,3,7-8,10-11H2,1-2H3. The molecule has 1 aliphatic rings. The second-order valence-corrected chi connectivity index (χ2v) is 6.55. The number of rotatable bonds is 4. The van der Waals surface area contributed by atoms with Crippen molar-refractivity contribution in [3.63, 3.8) is 0 Å². The van der Waals surface area contributed by atoms with E-state index >= 15 is 0 Å². The summed E-state index contributed by atoms with van der Waals surface area (Å²) in [6, 6.07) is 7.90. The zero-order valence-corrected chi connectivity index (χ0v) is 15.1. The molecule has 3 aromatic heterocycles. The van der Waals surface area contributed by atoms with Crippen LogP contribution in [0.2, 0.25) is 0 Å². The van der Waals surface area contributed by atoms with Crippen LogP contribution in [-0.4, -0.2) is 38.2 Å². The molecule has 7 nitrogen and oxygen atoms in total. The van der Waals surface area contributed by atoms with E-state index in [-0.39, 0.29) is 0 Å². The number of aryl methyl sites for hydroxylation is 2. The van der Waals surface area contributed by atoms with Crippen LogP contribution in [0.5, 0.6) is 0 Å². The Morgan fingerprint density at radius 1 is 1.15 bits per heavy atom. The van der Waals surface area contributed by atoms with Gasteiger partial charge in [-0.05, 0) is 38.3 Å². The molecule has 26 heavy (non-hydrogen) atoms. The van der Waals surface area contributed by atoms with Crippen molar-refractivity contribution in [1.29, 1.82) is 0 Å². The maximum Gasteiger partial charge on any atom is 0.229 e. The monoisotopic (exact) mass is 350 g/mol. The van der Waals surface area contributed by atoms with Crippen LogP contribution in [0.4, 0.5) is 5.82 Å². The predicted molar refractivity (Wildman–Crippen MR) is 97.9 cm³/mol. The largest absolute Gasteiger partial charge is 0.356 e. The predicted octanol–water partition coefficient (Wildman–Crippen LogP) is 3.18. The molecule has 1 fully saturated rings. The van der Waals surface area contributed by atoms with Gasteiger partial charge in [0, 0.05) is 37.0 Å². The fourth-order valence-electron chi connectivity index (χ4n) is 3.27. The summed E-state index contributed by atoms with van der Waals surface area (Å²) >= 11 is 0. The topological polar surface area (TPSA) is 80.8 Å². The smallest absolute Gasteiger partial charge is 0.229 e. The Labute approximate surface area is 152 Å². The lowest BCUT2D eigenvalue weighted by molar-refractivity contribution is 0.327. The van der Waals surface area contributed by atoms with Gasteiger partial charge in [0.05, 0.1) is 0 Å². The molecule has 0 amide bonds. The second-order valence-electron chi connectivity index (χ2n) is 6.55. The third-order valence-electron chi connectivity index (χ3n) is 4.73. The summed E-state index contributed by atoms with van der Waals surface area (Å²) < 4.78 is 5.34. The Bertz CT molecular complexity index is 871. The van der Waals surface area contributed by atoms with E-state index in [4.69, 9.17) is 9.51 Å². The Morgan fingerprint density at radius 3 is 2.65 bits per heavy atom. The van der Waals surface area contributed by atoms with Crippen molar-refractivity contribution in [2.45, 2.75) is 39.0 Å². The molecule has 0 saturated carbocycles. The molecule has 4 rings (SSSR count). The first kappa shape index (κ1) is 16.6. The van der Waals surface area contributed by atoms with Crippen LogP contribution in [0, 0.1) is 6.92 Å². The van der Waals surface area contributed by atoms with Crippen LogP contribution < -0.4 is 4.90 Å². The van der Waals surface area contributed by atoms with Crippen LogP contribution in [0.15, 0.2) is 35.0 Å². The first-order chi connectivity index (χ1) is 12.7. The Morgan fingerprint density at radius 2 is 2.00 bits per heavy atom. The van der Waals surface area contributed by atoms with Gasteiger partial charge in [-0.2, -0.15) is 4.98 Å². The average Bonchev–Trinajstić information content (AvgIpc) is 3.15. The molecular formula is C19H22N6O. The summed E-state index contributed by atoms with van der Waals surface area (Å²) in [7, 11) is 0. The highest BCUT2D eigenvalue weighted by Gasteiger charge is 2.26. The lowest BCUT2D eigenvalue weighted by atomic mass is 9.97. The van der Waals surface area contributed by atoms with Crippen molar-refractivity contribution in [2.75, 3.05) is 18.0 Å². The van der Waals surface area contributed by atoms with E-state index < -0.39 is 0 Å². The number of hydrogen-bond donors (Lipinski definition) is 0. The van der Waals surface area contributed by atoms with Gasteiger partial charge in [-0.15, -0.1) is 0 Å². The van der Waals surface area contributed by atoms with Gasteiger partial charge >= 0.3 is 0 Å². The molecule has 0 N–H and O–H groups in total. The highest BCUT2D eigenvalue weighted by atomic mass is 16.5. The summed E-state index contributed by atoms with van der Waals surface area (Å²) in [4.78, 5) is 20.5. The van der Waals surface area contributed by atoms with Gasteiger partial charge in [0.1, 0.15) is 11.5 Å². The van der Waals surface area contributed by atoms with Crippen molar-refractivity contribution < 1.29 is 4.52 Å². The molecule has 1 aliphatic heterocycles. The van der Waals surface area contributed by atoms with E-state index in [2.05, 4.69) is 38.0 Å². The van der Waals surface area contributed by atoms with Gasteiger partial charge in [-0.25, -0.2) is 9.97 Å². The van der Waals surface area contributed by atoms with Crippen LogP contribution in [0.25, 0.3) is 11.5 Å². The molecule has 0 atom stereocenters. The van der Waals surface area contributed by atoms with Crippen LogP contribution in [0.3, 0.4) is 0 Å². The number of hydrogen-bond acceptors (Lipinski definition) is 7. The normalized spacial score (nSPS) is 15.4. The molecule has 0 radical (unpaired) electrons. The highest BCUT2D eigenvalue weighted by Crippen LogP contribution is 2.29. The lowest BCUT2D eigenvalue weighted by Gasteiger charge is -2.31. The average molecular weight is 350 g/mol. The second kappa shape index (κ2) is 7.19. The van der Waals surface area contributed by atoms with E-state index in [1.165, 1.54) is 0 Å². The van der Waals surface area contributed by atoms with E-state index in [0.29, 0.717) is 17.6 Å². The summed E-state index contributed by atoms with van der Waals surface area (Å²) in [5, 5.41) is 3.91. The molecule has 4 heterocycles. The Balaban J connectivity index is 1.54. The van der Waals surface area contributed by atoms with Crippen molar-refractivity contribution in [3.8, 4) is 11.5 Å². The van der Waals surface area contributed by atoms with Crippen molar-refractivity contribution in [2.24, 2.45) is 0 Å². The van der Waals surface area contributed by atoms with Crippen molar-refractivity contribution >= 4 is 5.82 Å². The quantitative estimate of drug-likeness (QED) is 0.715. The Kier molecular flexibility index (Phi) is 4.60. The summed E-state index contributed by atoms with van der Waals surface area (Å²) in [5.41, 5.74) is 1.84. The Hall–Kier alpha value is -2.83. The fourth-order valence-corrected chi connectivity index (χ4v) is 3.27. The minimum absolute atomic E-state index is 0.329. The highest BCUT2D eigenvalue weighted by molar-refractivity contribution is 5.54. The third kappa shape index (κ3) is 3.42. The van der Waals surface area contributed by atoms with Crippen molar-refractivity contribution in [1.82, 2.24) is 25.1 Å². The third-order valence-corrected chi connectivity index (χ3v) is 4.73. The molecule has 0 aliphatic carbocycles. The molecule has 3 aromatic rings. The van der Waals surface area contributed by atoms with Gasteiger partial charge in [0.2, 0.25) is 5.89 Å². The molecule has 0 unspecified atom stereocenters. The van der Waals surface area contributed by atoms with E-state index in [1.54, 1.807) is 6.20 Å². The molecule has 0 bridgehead atoms. The maximum absolute atomic E-state index is 5.34. The maximum atomic E-state index is 5.34. The lowest BCUT2D eigenvalue weighted by Crippen LogP contribution is -2.33. The first-order valence-corrected chi connectivity index (χ1v) is 9.07.